The Morgan fingerprint density at radius 3 is 2.64 bits per heavy atom. The van der Waals surface area contributed by atoms with Gasteiger partial charge in [-0.2, -0.15) is 0 Å². The summed E-state index contributed by atoms with van der Waals surface area (Å²) in [5.74, 6) is 2.43. The number of nitrogens with one attached hydrogen (secondary N) is 2. The molecule has 0 radical (unpaired) electrons. The predicted octanol–water partition coefficient (Wildman–Crippen LogP) is 4.29. The zero-order valence-electron chi connectivity index (χ0n) is 23.6. The first-order valence-electron chi connectivity index (χ1n) is 13.8. The minimum absolute atomic E-state index is 0.000706. The molecular formula is C29H40N6O4. The van der Waals surface area contributed by atoms with Gasteiger partial charge in [0.2, 0.25) is 0 Å². The summed E-state index contributed by atoms with van der Waals surface area (Å²) in [7, 11) is 0. The van der Waals surface area contributed by atoms with Crippen LogP contribution in [0.2, 0.25) is 0 Å². The second-order valence-electron chi connectivity index (χ2n) is 12.1. The van der Waals surface area contributed by atoms with E-state index in [9.17, 15) is 9.90 Å². The van der Waals surface area contributed by atoms with Crippen molar-refractivity contribution in [3.05, 3.63) is 40.7 Å². The van der Waals surface area contributed by atoms with Crippen molar-refractivity contribution < 1.29 is 19.4 Å². The van der Waals surface area contributed by atoms with E-state index in [0.717, 1.165) is 41.9 Å². The number of aliphatic hydroxyl groups excluding tert-OH is 1. The molecule has 10 nitrogen and oxygen atoms in total. The number of carbonyl (C=O) groups excluding carboxylic acids is 1. The maximum absolute atomic E-state index is 12.5. The summed E-state index contributed by atoms with van der Waals surface area (Å²) in [6, 6.07) is 6.30. The van der Waals surface area contributed by atoms with Crippen LogP contribution in [-0.2, 0) is 9.47 Å². The molecule has 2 aromatic rings. The van der Waals surface area contributed by atoms with Gasteiger partial charge in [-0.05, 0) is 76.6 Å². The smallest absolute Gasteiger partial charge is 0.410 e. The Morgan fingerprint density at radius 2 is 2.00 bits per heavy atom. The van der Waals surface area contributed by atoms with Crippen LogP contribution in [0.25, 0.3) is 0 Å². The number of hydrogen-bond acceptors (Lipinski definition) is 9. The molecule has 39 heavy (non-hydrogen) atoms. The molecule has 1 amide bonds. The summed E-state index contributed by atoms with van der Waals surface area (Å²) in [5.41, 5.74) is 2.95. The zero-order valence-corrected chi connectivity index (χ0v) is 23.6. The molecule has 210 valence electrons. The van der Waals surface area contributed by atoms with Crippen LogP contribution < -0.4 is 10.2 Å². The molecule has 2 bridgehead atoms. The van der Waals surface area contributed by atoms with E-state index < -0.39 is 11.2 Å². The summed E-state index contributed by atoms with van der Waals surface area (Å²) < 4.78 is 11.4. The first-order chi connectivity index (χ1) is 18.5. The molecule has 10 heteroatoms. The number of ether oxygens (including phenoxy) is 2. The Morgan fingerprint density at radius 1 is 1.26 bits per heavy atom. The quantitative estimate of drug-likeness (QED) is 0.467. The lowest BCUT2D eigenvalue weighted by Crippen LogP contribution is -2.45. The van der Waals surface area contributed by atoms with Crippen molar-refractivity contribution in [2.75, 3.05) is 43.1 Å². The van der Waals surface area contributed by atoms with Crippen LogP contribution >= 0.6 is 0 Å². The Labute approximate surface area is 230 Å². The van der Waals surface area contributed by atoms with Gasteiger partial charge in [0.15, 0.2) is 0 Å². The van der Waals surface area contributed by atoms with Gasteiger partial charge < -0.3 is 35.1 Å². The second-order valence-corrected chi connectivity index (χ2v) is 12.1. The number of nitrogens with zero attached hydrogens (tertiary/aromatic N) is 4. The van der Waals surface area contributed by atoms with Gasteiger partial charge in [0.1, 0.15) is 28.7 Å². The third-order valence-corrected chi connectivity index (χ3v) is 7.94. The van der Waals surface area contributed by atoms with Gasteiger partial charge >= 0.3 is 6.09 Å². The molecule has 2 unspecified atom stereocenters. The lowest BCUT2D eigenvalue weighted by Gasteiger charge is -2.34. The van der Waals surface area contributed by atoms with E-state index in [1.807, 2.05) is 39.8 Å². The van der Waals surface area contributed by atoms with Crippen molar-refractivity contribution in [1.29, 1.82) is 5.41 Å². The van der Waals surface area contributed by atoms with Crippen molar-refractivity contribution in [2.24, 2.45) is 0 Å². The third-order valence-electron chi connectivity index (χ3n) is 7.94. The summed E-state index contributed by atoms with van der Waals surface area (Å²) in [6.07, 6.45) is 3.61. The fourth-order valence-corrected chi connectivity index (χ4v) is 6.01. The molecule has 5 rings (SSSR count). The molecule has 3 aliphatic heterocycles. The van der Waals surface area contributed by atoms with E-state index in [4.69, 9.17) is 14.9 Å². The normalized spacial score (nSPS) is 23.3. The van der Waals surface area contributed by atoms with E-state index in [-0.39, 0.29) is 18.7 Å². The van der Waals surface area contributed by atoms with Crippen molar-refractivity contribution in [3.63, 3.8) is 0 Å². The van der Waals surface area contributed by atoms with Gasteiger partial charge in [-0.15, -0.1) is 0 Å². The molecule has 3 saturated heterocycles. The molecule has 3 N–H and O–H groups in total. The molecule has 1 aromatic carbocycles. The number of carbonyl (C=O) groups is 1. The fraction of sp³-hybridized carbons (Fsp3) is 0.586. The molecule has 2 atom stereocenters. The SMILES string of the molecule is Cc1nc(Nc2cc(C3CCN(C(=O)OC(C)(C)C)CC3)c(C)cc2C=N)cc(N2CC3(CO)CC2CO3)n1. The Kier molecular flexibility index (Phi) is 7.28. The highest BCUT2D eigenvalue weighted by molar-refractivity contribution is 5.88. The number of aryl methyl sites for hydroxylation is 2. The second kappa shape index (κ2) is 10.4. The first kappa shape index (κ1) is 27.3. The van der Waals surface area contributed by atoms with Crippen molar-refractivity contribution >= 4 is 29.6 Å². The maximum Gasteiger partial charge on any atom is 0.410 e. The van der Waals surface area contributed by atoms with Crippen LogP contribution in [0.15, 0.2) is 18.2 Å². The molecule has 0 spiro atoms. The molecule has 1 aromatic heterocycles. The Balaban J connectivity index is 1.34. The maximum atomic E-state index is 12.5. The number of anilines is 3. The number of rotatable bonds is 6. The predicted molar refractivity (Wildman–Crippen MR) is 150 cm³/mol. The van der Waals surface area contributed by atoms with Gasteiger partial charge in [-0.25, -0.2) is 14.8 Å². The third kappa shape index (κ3) is 5.72. The number of hydrogen-bond donors (Lipinski definition) is 3. The molecule has 3 aliphatic rings. The monoisotopic (exact) mass is 536 g/mol. The van der Waals surface area contributed by atoms with Crippen LogP contribution in [0.5, 0.6) is 0 Å². The Bertz CT molecular complexity index is 1250. The molecule has 0 aliphatic carbocycles. The van der Waals surface area contributed by atoms with Gasteiger partial charge in [-0.1, -0.05) is 0 Å². The lowest BCUT2D eigenvalue weighted by molar-refractivity contribution is -0.0375. The average molecular weight is 537 g/mol. The summed E-state index contributed by atoms with van der Waals surface area (Å²) in [5, 5.41) is 21.4. The van der Waals surface area contributed by atoms with E-state index in [1.54, 1.807) is 4.90 Å². The highest BCUT2D eigenvalue weighted by Crippen LogP contribution is 2.40. The molecular weight excluding hydrogens is 496 g/mol. The van der Waals surface area contributed by atoms with Crippen molar-refractivity contribution in [1.82, 2.24) is 14.9 Å². The van der Waals surface area contributed by atoms with Crippen LogP contribution in [0.4, 0.5) is 22.1 Å². The number of aromatic nitrogens is 2. The molecule has 0 saturated carbocycles. The first-order valence-corrected chi connectivity index (χ1v) is 13.8. The summed E-state index contributed by atoms with van der Waals surface area (Å²) >= 11 is 0. The number of amides is 1. The van der Waals surface area contributed by atoms with Crippen LogP contribution in [-0.4, -0.2) is 82.4 Å². The number of benzene rings is 1. The Hall–Kier alpha value is -3.24. The van der Waals surface area contributed by atoms with E-state index in [2.05, 4.69) is 33.2 Å². The van der Waals surface area contributed by atoms with Gasteiger partial charge in [-0.3, -0.25) is 0 Å². The number of fused-ring (bicyclic) bond motifs is 2. The fourth-order valence-electron chi connectivity index (χ4n) is 6.01. The van der Waals surface area contributed by atoms with E-state index in [1.165, 1.54) is 11.8 Å². The van der Waals surface area contributed by atoms with Gasteiger partial charge in [0, 0.05) is 43.0 Å². The van der Waals surface area contributed by atoms with Gasteiger partial charge in [0.25, 0.3) is 0 Å². The summed E-state index contributed by atoms with van der Waals surface area (Å²) in [6.45, 7) is 12.1. The van der Waals surface area contributed by atoms with E-state index in [0.29, 0.717) is 43.8 Å². The molecule has 4 heterocycles. The van der Waals surface area contributed by atoms with Crippen LogP contribution in [0.3, 0.4) is 0 Å². The largest absolute Gasteiger partial charge is 0.444 e. The number of piperidine rings is 1. The number of likely N-dealkylation sites (tertiary alicyclic amines) is 1. The standard InChI is InChI=1S/C29H40N6O4/c1-18-10-21(14-30)24(11-23(18)20-6-8-34(9-7-20)27(37)39-28(3,4)5)33-25-12-26(32-19(2)31-25)35-16-29(17-36)13-22(35)15-38-29/h10-12,14,20,22,30,36H,6-9,13,15-17H2,1-5H3,(H,31,32,33). The number of aliphatic hydroxyl groups is 1. The highest BCUT2D eigenvalue weighted by atomic mass is 16.6. The van der Waals surface area contributed by atoms with E-state index >= 15 is 0 Å². The van der Waals surface area contributed by atoms with Crippen molar-refractivity contribution in [2.45, 2.75) is 77.0 Å². The topological polar surface area (TPSA) is 124 Å². The van der Waals surface area contributed by atoms with Crippen LogP contribution in [0.1, 0.15) is 68.5 Å². The number of morpholine rings is 1. The molecule has 3 fully saturated rings. The lowest BCUT2D eigenvalue weighted by atomic mass is 9.85. The zero-order chi connectivity index (χ0) is 27.9. The van der Waals surface area contributed by atoms with Gasteiger partial charge in [0.05, 0.1) is 25.8 Å². The minimum Gasteiger partial charge on any atom is -0.444 e. The van der Waals surface area contributed by atoms with Crippen molar-refractivity contribution in [3.8, 4) is 0 Å². The van der Waals surface area contributed by atoms with Crippen LogP contribution in [0, 0.1) is 19.3 Å². The minimum atomic E-state index is -0.505. The average Bonchev–Trinajstić information content (AvgIpc) is 3.48. The summed E-state index contributed by atoms with van der Waals surface area (Å²) in [4.78, 5) is 25.8. The highest BCUT2D eigenvalue weighted by Gasteiger charge is 2.51.